The van der Waals surface area contributed by atoms with E-state index in [0.29, 0.717) is 12.1 Å². The molecule has 0 aliphatic carbocycles. The number of hydrogen-bond donors (Lipinski definition) is 1. The van der Waals surface area contributed by atoms with Crippen LogP contribution in [0.4, 0.5) is 9.18 Å². The van der Waals surface area contributed by atoms with E-state index in [1.54, 1.807) is 26.8 Å². The lowest BCUT2D eigenvalue weighted by Gasteiger charge is -2.20. The summed E-state index contributed by atoms with van der Waals surface area (Å²) in [5.74, 6) is 0.399. The normalized spacial score (nSPS) is 11.5. The van der Waals surface area contributed by atoms with Crippen molar-refractivity contribution in [1.82, 2.24) is 10.3 Å². The molecule has 0 aliphatic rings. The molecule has 0 saturated carbocycles. The number of nitriles is 1. The van der Waals surface area contributed by atoms with Crippen LogP contribution in [0.1, 0.15) is 26.5 Å². The van der Waals surface area contributed by atoms with Crippen molar-refractivity contribution in [1.29, 1.82) is 5.26 Å². The number of pyridine rings is 1. The summed E-state index contributed by atoms with van der Waals surface area (Å²) in [7, 11) is 0. The summed E-state index contributed by atoms with van der Waals surface area (Å²) in [4.78, 5) is 15.3. The first-order valence-electron chi connectivity index (χ1n) is 6.58. The molecule has 1 N–H and O–H groups in total. The van der Waals surface area contributed by atoms with Gasteiger partial charge in [-0.25, -0.2) is 14.2 Å². The van der Waals surface area contributed by atoms with Gasteiger partial charge in [-0.05, 0) is 32.9 Å². The van der Waals surface area contributed by atoms with Crippen molar-refractivity contribution in [2.75, 3.05) is 13.2 Å². The van der Waals surface area contributed by atoms with E-state index in [2.05, 4.69) is 10.3 Å². The zero-order valence-electron chi connectivity index (χ0n) is 12.7. The molecule has 1 amide bonds. The van der Waals surface area contributed by atoms with Gasteiger partial charge in [0.15, 0.2) is 0 Å². The maximum atomic E-state index is 12.8. The lowest BCUT2D eigenvalue weighted by molar-refractivity contribution is 0.0531. The lowest BCUT2D eigenvalue weighted by atomic mass is 10.2. The van der Waals surface area contributed by atoms with Crippen LogP contribution >= 0.6 is 0 Å². The van der Waals surface area contributed by atoms with Crippen LogP contribution in [0.5, 0.6) is 5.75 Å². The molecule has 0 bridgehead atoms. The van der Waals surface area contributed by atoms with E-state index >= 15 is 0 Å². The van der Waals surface area contributed by atoms with Gasteiger partial charge in [0.05, 0.1) is 12.5 Å². The molecule has 0 radical (unpaired) electrons. The smallest absolute Gasteiger partial charge is 0.407 e. The SMILES string of the molecule is CC(C)(C)OC(=O)NC/C(=C\F)COc1ccc(C#N)nc1. The number of amides is 1. The summed E-state index contributed by atoms with van der Waals surface area (Å²) in [5.41, 5.74) is -0.121. The fraction of sp³-hybridized carbons (Fsp3) is 0.400. The molecule has 7 heteroatoms. The molecule has 1 rings (SSSR count). The summed E-state index contributed by atoms with van der Waals surface area (Å²) < 4.78 is 23.1. The highest BCUT2D eigenvalue weighted by atomic mass is 19.1. The van der Waals surface area contributed by atoms with Gasteiger partial charge in [0.25, 0.3) is 0 Å². The Morgan fingerprint density at radius 2 is 2.23 bits per heavy atom. The van der Waals surface area contributed by atoms with Crippen LogP contribution in [0.15, 0.2) is 30.2 Å². The third kappa shape index (κ3) is 6.70. The third-order valence-electron chi connectivity index (χ3n) is 2.29. The van der Waals surface area contributed by atoms with Crippen molar-refractivity contribution in [2.24, 2.45) is 0 Å². The molecule has 1 heterocycles. The molecule has 0 atom stereocenters. The minimum absolute atomic E-state index is 0.0326. The Morgan fingerprint density at radius 1 is 1.50 bits per heavy atom. The highest BCUT2D eigenvalue weighted by molar-refractivity contribution is 5.68. The van der Waals surface area contributed by atoms with Crippen molar-refractivity contribution < 1.29 is 18.7 Å². The van der Waals surface area contributed by atoms with E-state index in [9.17, 15) is 9.18 Å². The number of carbonyl (C=O) groups excluding carboxylic acids is 1. The second-order valence-electron chi connectivity index (χ2n) is 5.40. The second-order valence-corrected chi connectivity index (χ2v) is 5.40. The predicted octanol–water partition coefficient (Wildman–Crippen LogP) is 2.71. The predicted molar refractivity (Wildman–Crippen MR) is 77.9 cm³/mol. The number of halogens is 1. The first kappa shape index (κ1) is 17.4. The van der Waals surface area contributed by atoms with Gasteiger partial charge in [0, 0.05) is 12.1 Å². The molecule has 0 spiro atoms. The monoisotopic (exact) mass is 307 g/mol. The number of nitrogens with one attached hydrogen (secondary N) is 1. The lowest BCUT2D eigenvalue weighted by Crippen LogP contribution is -2.34. The van der Waals surface area contributed by atoms with Crippen LogP contribution in [0.2, 0.25) is 0 Å². The van der Waals surface area contributed by atoms with E-state index < -0.39 is 11.7 Å². The van der Waals surface area contributed by atoms with Crippen molar-refractivity contribution in [3.8, 4) is 11.8 Å². The van der Waals surface area contributed by atoms with Gasteiger partial charge in [0.1, 0.15) is 29.7 Å². The Kier molecular flexibility index (Phi) is 6.32. The standard InChI is InChI=1S/C15H18FN3O3/c1-15(2,3)22-14(20)19-8-11(6-16)10-21-13-5-4-12(7-17)18-9-13/h4-6,9H,8,10H2,1-3H3,(H,19,20)/b11-6+. The summed E-state index contributed by atoms with van der Waals surface area (Å²) in [6.45, 7) is 5.12. The molecular weight excluding hydrogens is 289 g/mol. The minimum atomic E-state index is -0.633. The van der Waals surface area contributed by atoms with Crippen molar-refractivity contribution in [3.63, 3.8) is 0 Å². The average molecular weight is 307 g/mol. The summed E-state index contributed by atoms with van der Waals surface area (Å²) >= 11 is 0. The third-order valence-corrected chi connectivity index (χ3v) is 2.29. The number of nitrogens with zero attached hydrogens (tertiary/aromatic N) is 2. The van der Waals surface area contributed by atoms with Crippen molar-refractivity contribution in [2.45, 2.75) is 26.4 Å². The molecule has 0 fully saturated rings. The zero-order valence-corrected chi connectivity index (χ0v) is 12.7. The first-order valence-corrected chi connectivity index (χ1v) is 6.58. The maximum Gasteiger partial charge on any atom is 0.407 e. The topological polar surface area (TPSA) is 84.2 Å². The Labute approximate surface area is 128 Å². The molecule has 0 aromatic carbocycles. The van der Waals surface area contributed by atoms with Gasteiger partial charge in [-0.3, -0.25) is 0 Å². The van der Waals surface area contributed by atoms with Crippen LogP contribution in [0.25, 0.3) is 0 Å². The first-order chi connectivity index (χ1) is 10.3. The van der Waals surface area contributed by atoms with Gasteiger partial charge >= 0.3 is 6.09 Å². The molecule has 1 aromatic rings. The van der Waals surface area contributed by atoms with Crippen molar-refractivity contribution >= 4 is 6.09 Å². The number of aromatic nitrogens is 1. The number of alkyl carbamates (subject to hydrolysis) is 1. The Bertz CT molecular complexity index is 571. The molecular formula is C15H18FN3O3. The van der Waals surface area contributed by atoms with Gasteiger partial charge in [-0.2, -0.15) is 5.26 Å². The molecule has 118 valence electrons. The molecule has 0 aliphatic heterocycles. The van der Waals surface area contributed by atoms with E-state index in [4.69, 9.17) is 14.7 Å². The van der Waals surface area contributed by atoms with Crippen LogP contribution < -0.4 is 10.1 Å². The van der Waals surface area contributed by atoms with Gasteiger partial charge in [-0.15, -0.1) is 0 Å². The minimum Gasteiger partial charge on any atom is -0.487 e. The van der Waals surface area contributed by atoms with Crippen LogP contribution in [-0.4, -0.2) is 29.8 Å². The highest BCUT2D eigenvalue weighted by Gasteiger charge is 2.16. The number of carbonyl (C=O) groups is 1. The summed E-state index contributed by atoms with van der Waals surface area (Å²) in [6, 6.07) is 4.93. The van der Waals surface area contributed by atoms with Crippen LogP contribution in [0.3, 0.4) is 0 Å². The van der Waals surface area contributed by atoms with Gasteiger partial charge in [0.2, 0.25) is 0 Å². The van der Waals surface area contributed by atoms with E-state index in [-0.39, 0.29) is 24.4 Å². The Hall–Kier alpha value is -2.62. The van der Waals surface area contributed by atoms with Crippen LogP contribution in [0, 0.1) is 11.3 Å². The Morgan fingerprint density at radius 3 is 2.73 bits per heavy atom. The fourth-order valence-corrected chi connectivity index (χ4v) is 1.33. The van der Waals surface area contributed by atoms with E-state index in [0.717, 1.165) is 0 Å². The number of rotatable bonds is 5. The maximum absolute atomic E-state index is 12.8. The van der Waals surface area contributed by atoms with E-state index in [1.807, 2.05) is 6.07 Å². The fourth-order valence-electron chi connectivity index (χ4n) is 1.33. The Balaban J connectivity index is 2.42. The molecule has 6 nitrogen and oxygen atoms in total. The second kappa shape index (κ2) is 7.98. The van der Waals surface area contributed by atoms with Gasteiger partial charge in [-0.1, -0.05) is 0 Å². The molecule has 0 saturated heterocycles. The highest BCUT2D eigenvalue weighted by Crippen LogP contribution is 2.10. The van der Waals surface area contributed by atoms with Gasteiger partial charge < -0.3 is 14.8 Å². The van der Waals surface area contributed by atoms with Crippen LogP contribution in [-0.2, 0) is 4.74 Å². The zero-order chi connectivity index (χ0) is 16.6. The molecule has 1 aromatic heterocycles. The average Bonchev–Trinajstić information content (AvgIpc) is 2.46. The summed E-state index contributed by atoms with van der Waals surface area (Å²) in [6.07, 6.45) is 1.11. The molecule has 22 heavy (non-hydrogen) atoms. The molecule has 0 unspecified atom stereocenters. The quantitative estimate of drug-likeness (QED) is 0.904. The van der Waals surface area contributed by atoms with Crippen molar-refractivity contribution in [3.05, 3.63) is 35.9 Å². The summed E-state index contributed by atoms with van der Waals surface area (Å²) in [5, 5.41) is 11.1. The largest absolute Gasteiger partial charge is 0.487 e. The van der Waals surface area contributed by atoms with E-state index in [1.165, 1.54) is 12.3 Å². The number of hydrogen-bond acceptors (Lipinski definition) is 5. The number of ether oxygens (including phenoxy) is 2.